The molecule has 0 aliphatic rings. The number of esters is 1. The van der Waals surface area contributed by atoms with Crippen LogP contribution in [0, 0.1) is 0 Å². The van der Waals surface area contributed by atoms with Crippen LogP contribution in [0.3, 0.4) is 0 Å². The predicted octanol–water partition coefficient (Wildman–Crippen LogP) is 1.78. The molecule has 0 atom stereocenters. The topological polar surface area (TPSA) is 55.8 Å². The summed E-state index contributed by atoms with van der Waals surface area (Å²) in [7, 11) is 2.87. The van der Waals surface area contributed by atoms with Crippen molar-refractivity contribution in [3.05, 3.63) is 16.3 Å². The first kappa shape index (κ1) is 14.5. The Balaban J connectivity index is 2.70. The number of rotatable bonds is 6. The van der Waals surface area contributed by atoms with Crippen LogP contribution in [0.5, 0.6) is 5.75 Å². The number of hydrogen-bond acceptors (Lipinski definition) is 5. The highest BCUT2D eigenvalue weighted by Gasteiger charge is 2.20. The zero-order valence-corrected chi connectivity index (χ0v) is 11.6. The Morgan fingerprint density at radius 2 is 2.11 bits per heavy atom. The van der Waals surface area contributed by atoms with Gasteiger partial charge in [-0.25, -0.2) is 0 Å². The second kappa shape index (κ2) is 7.00. The van der Waals surface area contributed by atoms with Crippen molar-refractivity contribution >= 4 is 23.2 Å². The fourth-order valence-electron chi connectivity index (χ4n) is 1.49. The summed E-state index contributed by atoms with van der Waals surface area (Å²) in [6.45, 7) is 2.76. The maximum absolute atomic E-state index is 12.2. The van der Waals surface area contributed by atoms with Gasteiger partial charge in [0.1, 0.15) is 10.6 Å². The third-order valence-corrected chi connectivity index (χ3v) is 3.41. The number of amides is 1. The first-order chi connectivity index (χ1) is 8.63. The van der Waals surface area contributed by atoms with Crippen molar-refractivity contribution in [3.63, 3.8) is 0 Å². The van der Waals surface area contributed by atoms with Gasteiger partial charge < -0.3 is 14.4 Å². The van der Waals surface area contributed by atoms with Crippen molar-refractivity contribution in [2.45, 2.75) is 13.3 Å². The normalized spacial score (nSPS) is 9.94. The quantitative estimate of drug-likeness (QED) is 0.740. The fraction of sp³-hybridized carbons (Fsp3) is 0.500. The molecule has 1 rings (SSSR count). The molecule has 1 amide bonds. The smallest absolute Gasteiger partial charge is 0.307 e. The average molecular weight is 271 g/mol. The highest BCUT2D eigenvalue weighted by molar-refractivity contribution is 7.12. The monoisotopic (exact) mass is 271 g/mol. The Labute approximate surface area is 110 Å². The van der Waals surface area contributed by atoms with Crippen LogP contribution in [0.4, 0.5) is 0 Å². The minimum atomic E-state index is -0.320. The summed E-state index contributed by atoms with van der Waals surface area (Å²) < 4.78 is 9.68. The molecule has 0 N–H and O–H groups in total. The van der Waals surface area contributed by atoms with Gasteiger partial charge in [-0.15, -0.1) is 11.3 Å². The molecule has 0 aliphatic heterocycles. The van der Waals surface area contributed by atoms with Crippen molar-refractivity contribution < 1.29 is 19.1 Å². The van der Waals surface area contributed by atoms with Gasteiger partial charge in [-0.1, -0.05) is 0 Å². The second-order valence-corrected chi connectivity index (χ2v) is 4.45. The molecule has 5 nitrogen and oxygen atoms in total. The van der Waals surface area contributed by atoms with Crippen LogP contribution in [0.25, 0.3) is 0 Å². The van der Waals surface area contributed by atoms with E-state index in [-0.39, 0.29) is 18.3 Å². The summed E-state index contributed by atoms with van der Waals surface area (Å²) in [6.07, 6.45) is 0.198. The van der Waals surface area contributed by atoms with Crippen molar-refractivity contribution in [1.82, 2.24) is 4.90 Å². The summed E-state index contributed by atoms with van der Waals surface area (Å²) in [4.78, 5) is 25.5. The van der Waals surface area contributed by atoms with Gasteiger partial charge in [0, 0.05) is 13.1 Å². The highest BCUT2D eigenvalue weighted by atomic mass is 32.1. The van der Waals surface area contributed by atoms with E-state index in [0.717, 1.165) is 0 Å². The summed E-state index contributed by atoms with van der Waals surface area (Å²) in [6, 6.07) is 1.76. The first-order valence-corrected chi connectivity index (χ1v) is 6.49. The molecule has 0 aromatic carbocycles. The number of hydrogen-bond donors (Lipinski definition) is 0. The maximum atomic E-state index is 12.2. The second-order valence-electron chi connectivity index (χ2n) is 3.53. The molecule has 1 heterocycles. The molecule has 1 aromatic rings. The minimum absolute atomic E-state index is 0.117. The summed E-state index contributed by atoms with van der Waals surface area (Å²) >= 11 is 1.33. The lowest BCUT2D eigenvalue weighted by Crippen LogP contribution is -2.32. The van der Waals surface area contributed by atoms with Crippen molar-refractivity contribution in [2.75, 3.05) is 27.3 Å². The number of carbonyl (C=O) groups excluding carboxylic acids is 2. The number of ether oxygens (including phenoxy) is 2. The van der Waals surface area contributed by atoms with Crippen LogP contribution in [0.15, 0.2) is 11.4 Å². The summed E-state index contributed by atoms with van der Waals surface area (Å²) in [5.74, 6) is 0.133. The van der Waals surface area contributed by atoms with Crippen molar-refractivity contribution in [3.8, 4) is 5.75 Å². The molecule has 0 saturated carbocycles. The summed E-state index contributed by atoms with van der Waals surface area (Å²) in [5.41, 5.74) is 0. The Morgan fingerprint density at radius 3 is 2.67 bits per heavy atom. The Morgan fingerprint density at radius 1 is 1.39 bits per heavy atom. The van der Waals surface area contributed by atoms with E-state index in [1.807, 2.05) is 6.92 Å². The van der Waals surface area contributed by atoms with Gasteiger partial charge in [-0.2, -0.15) is 0 Å². The van der Waals surface area contributed by atoms with Crippen LogP contribution in [0.1, 0.15) is 23.0 Å². The minimum Gasteiger partial charge on any atom is -0.495 e. The number of nitrogens with zero attached hydrogens (tertiary/aromatic N) is 1. The third-order valence-electron chi connectivity index (χ3n) is 2.53. The molecule has 18 heavy (non-hydrogen) atoms. The first-order valence-electron chi connectivity index (χ1n) is 5.61. The van der Waals surface area contributed by atoms with Gasteiger partial charge in [-0.05, 0) is 18.4 Å². The maximum Gasteiger partial charge on any atom is 0.307 e. The molecule has 0 unspecified atom stereocenters. The Kier molecular flexibility index (Phi) is 5.64. The van der Waals surface area contributed by atoms with E-state index >= 15 is 0 Å². The van der Waals surface area contributed by atoms with E-state index in [2.05, 4.69) is 4.74 Å². The van der Waals surface area contributed by atoms with Gasteiger partial charge in [0.05, 0.1) is 20.6 Å². The van der Waals surface area contributed by atoms with Crippen molar-refractivity contribution in [1.29, 1.82) is 0 Å². The van der Waals surface area contributed by atoms with Gasteiger partial charge in [0.2, 0.25) is 0 Å². The molecule has 0 fully saturated rings. The molecule has 100 valence electrons. The van der Waals surface area contributed by atoms with E-state index < -0.39 is 0 Å². The van der Waals surface area contributed by atoms with Crippen LogP contribution < -0.4 is 4.74 Å². The van der Waals surface area contributed by atoms with Crippen LogP contribution in [0.2, 0.25) is 0 Å². The van der Waals surface area contributed by atoms with Gasteiger partial charge >= 0.3 is 5.97 Å². The molecule has 0 aliphatic carbocycles. The zero-order valence-electron chi connectivity index (χ0n) is 10.8. The molecule has 0 radical (unpaired) electrons. The fourth-order valence-corrected chi connectivity index (χ4v) is 2.31. The van der Waals surface area contributed by atoms with Crippen molar-refractivity contribution in [2.24, 2.45) is 0 Å². The SMILES string of the molecule is CCN(CCC(=O)OC)C(=O)c1sccc1OC. The largest absolute Gasteiger partial charge is 0.495 e. The molecule has 0 spiro atoms. The Hall–Kier alpha value is -1.56. The molecular formula is C12H17NO4S. The molecule has 0 saturated heterocycles. The van der Waals surface area contributed by atoms with E-state index in [9.17, 15) is 9.59 Å². The van der Waals surface area contributed by atoms with Crippen LogP contribution in [-0.2, 0) is 9.53 Å². The Bertz CT molecular complexity index is 416. The zero-order chi connectivity index (χ0) is 13.5. The molecular weight excluding hydrogens is 254 g/mol. The number of carbonyl (C=O) groups is 2. The average Bonchev–Trinajstić information content (AvgIpc) is 2.86. The number of methoxy groups -OCH3 is 2. The van der Waals surface area contributed by atoms with E-state index in [4.69, 9.17) is 4.74 Å². The lowest BCUT2D eigenvalue weighted by molar-refractivity contribution is -0.140. The molecule has 6 heteroatoms. The molecule has 0 bridgehead atoms. The number of thiophene rings is 1. The van der Waals surface area contributed by atoms with Crippen LogP contribution >= 0.6 is 11.3 Å². The third kappa shape index (κ3) is 3.46. The lowest BCUT2D eigenvalue weighted by atomic mass is 10.3. The van der Waals surface area contributed by atoms with E-state index in [1.165, 1.54) is 25.6 Å². The van der Waals surface area contributed by atoms with Gasteiger partial charge in [-0.3, -0.25) is 9.59 Å². The summed E-state index contributed by atoms with van der Waals surface area (Å²) in [5, 5.41) is 1.81. The predicted molar refractivity (Wildman–Crippen MR) is 69.1 cm³/mol. The van der Waals surface area contributed by atoms with Gasteiger partial charge in [0.15, 0.2) is 0 Å². The molecule has 1 aromatic heterocycles. The van der Waals surface area contributed by atoms with Crippen LogP contribution in [-0.4, -0.2) is 44.1 Å². The highest BCUT2D eigenvalue weighted by Crippen LogP contribution is 2.25. The standard InChI is InChI=1S/C12H17NO4S/c1-4-13(7-5-10(14)17-3)12(15)11-9(16-2)6-8-18-11/h6,8H,4-5,7H2,1-3H3. The van der Waals surface area contributed by atoms with Gasteiger partial charge in [0.25, 0.3) is 5.91 Å². The van der Waals surface area contributed by atoms with E-state index in [1.54, 1.807) is 16.3 Å². The lowest BCUT2D eigenvalue weighted by Gasteiger charge is -2.19. The van der Waals surface area contributed by atoms with E-state index in [0.29, 0.717) is 23.7 Å².